The van der Waals surface area contributed by atoms with Crippen molar-refractivity contribution in [2.75, 3.05) is 13.9 Å². The third kappa shape index (κ3) is 3.97. The van der Waals surface area contributed by atoms with E-state index in [0.717, 1.165) is 11.3 Å². The first kappa shape index (κ1) is 17.0. The van der Waals surface area contributed by atoms with E-state index in [-0.39, 0.29) is 17.6 Å². The van der Waals surface area contributed by atoms with Crippen LogP contribution in [-0.4, -0.2) is 13.9 Å². The lowest BCUT2D eigenvalue weighted by atomic mass is 9.78. The Morgan fingerprint density at radius 1 is 0.950 bits per heavy atom. The molecule has 0 aliphatic rings. The van der Waals surface area contributed by atoms with Gasteiger partial charge in [-0.05, 0) is 16.4 Å². The molecule has 0 aliphatic heterocycles. The number of hydrogen-bond donors (Lipinski definition) is 1. The van der Waals surface area contributed by atoms with Gasteiger partial charge in [0.25, 0.3) is 0 Å². The molecule has 0 saturated heterocycles. The number of methoxy groups -OCH3 is 1. The molecular weight excluding hydrogens is 250 g/mol. The predicted octanol–water partition coefficient (Wildman–Crippen LogP) is 3.72. The van der Waals surface area contributed by atoms with Crippen molar-refractivity contribution in [2.24, 2.45) is 5.73 Å². The topological polar surface area (TPSA) is 44.5 Å². The molecule has 0 amide bonds. The van der Waals surface area contributed by atoms with Crippen molar-refractivity contribution >= 4 is 0 Å². The third-order valence-corrected chi connectivity index (χ3v) is 3.32. The summed E-state index contributed by atoms with van der Waals surface area (Å²) in [6, 6.07) is 4.31. The minimum atomic E-state index is -0.00570. The second-order valence-electron chi connectivity index (χ2n) is 7.28. The van der Waals surface area contributed by atoms with Crippen LogP contribution in [0.3, 0.4) is 0 Å². The first-order valence-electron chi connectivity index (χ1n) is 7.11. The molecule has 1 aromatic carbocycles. The fraction of sp³-hybridized carbons (Fsp3) is 0.647. The van der Waals surface area contributed by atoms with Crippen LogP contribution < -0.4 is 10.5 Å². The Kier molecular flexibility index (Phi) is 5.22. The SMILES string of the molecule is COCOc1c(C(C)(C)C)cc(CN)cc1C(C)(C)C. The maximum absolute atomic E-state index is 5.91. The first-order chi connectivity index (χ1) is 9.11. The van der Waals surface area contributed by atoms with E-state index in [4.69, 9.17) is 15.2 Å². The van der Waals surface area contributed by atoms with Crippen LogP contribution in [0.25, 0.3) is 0 Å². The highest BCUT2D eigenvalue weighted by Crippen LogP contribution is 2.40. The Balaban J connectivity index is 3.54. The molecule has 0 aliphatic carbocycles. The second kappa shape index (κ2) is 6.15. The molecule has 0 bridgehead atoms. The van der Waals surface area contributed by atoms with Gasteiger partial charge in [0.2, 0.25) is 0 Å². The van der Waals surface area contributed by atoms with Crippen LogP contribution in [0.1, 0.15) is 58.2 Å². The highest BCUT2D eigenvalue weighted by molar-refractivity contribution is 5.50. The zero-order valence-electron chi connectivity index (χ0n) is 14.0. The molecule has 0 atom stereocenters. The van der Waals surface area contributed by atoms with E-state index in [9.17, 15) is 0 Å². The molecule has 20 heavy (non-hydrogen) atoms. The normalized spacial score (nSPS) is 12.6. The lowest BCUT2D eigenvalue weighted by Gasteiger charge is -2.30. The Morgan fingerprint density at radius 2 is 1.40 bits per heavy atom. The van der Waals surface area contributed by atoms with Crippen LogP contribution in [0.5, 0.6) is 5.75 Å². The second-order valence-corrected chi connectivity index (χ2v) is 7.28. The predicted molar refractivity (Wildman–Crippen MR) is 84.2 cm³/mol. The van der Waals surface area contributed by atoms with Gasteiger partial charge in [-0.25, -0.2) is 0 Å². The quantitative estimate of drug-likeness (QED) is 0.854. The summed E-state index contributed by atoms with van der Waals surface area (Å²) < 4.78 is 11.0. The summed E-state index contributed by atoms with van der Waals surface area (Å²) in [7, 11) is 1.64. The van der Waals surface area contributed by atoms with Crippen molar-refractivity contribution in [1.29, 1.82) is 0 Å². The molecule has 3 heteroatoms. The molecule has 0 saturated carbocycles. The van der Waals surface area contributed by atoms with Gasteiger partial charge >= 0.3 is 0 Å². The Morgan fingerprint density at radius 3 is 1.70 bits per heavy atom. The van der Waals surface area contributed by atoms with E-state index in [0.29, 0.717) is 6.54 Å². The van der Waals surface area contributed by atoms with Gasteiger partial charge < -0.3 is 15.2 Å². The van der Waals surface area contributed by atoms with E-state index in [1.165, 1.54) is 11.1 Å². The average Bonchev–Trinajstić information content (AvgIpc) is 2.33. The standard InChI is InChI=1S/C17H29NO2/c1-16(2,3)13-8-12(10-18)9-14(17(4,5)6)15(13)20-11-19-7/h8-9H,10-11,18H2,1-7H3. The van der Waals surface area contributed by atoms with Crippen molar-refractivity contribution in [2.45, 2.75) is 58.9 Å². The molecule has 1 rings (SSSR count). The van der Waals surface area contributed by atoms with Gasteiger partial charge in [-0.3, -0.25) is 0 Å². The van der Waals surface area contributed by atoms with Crippen LogP contribution in [0.2, 0.25) is 0 Å². The zero-order valence-corrected chi connectivity index (χ0v) is 14.0. The number of ether oxygens (including phenoxy) is 2. The van der Waals surface area contributed by atoms with Gasteiger partial charge in [-0.15, -0.1) is 0 Å². The van der Waals surface area contributed by atoms with Gasteiger partial charge in [-0.1, -0.05) is 53.7 Å². The molecule has 0 fully saturated rings. The van der Waals surface area contributed by atoms with Gasteiger partial charge in [0.1, 0.15) is 5.75 Å². The van der Waals surface area contributed by atoms with Gasteiger partial charge in [-0.2, -0.15) is 0 Å². The molecule has 0 unspecified atom stereocenters. The van der Waals surface area contributed by atoms with Crippen molar-refractivity contribution < 1.29 is 9.47 Å². The molecule has 0 aromatic heterocycles. The number of hydrogen-bond acceptors (Lipinski definition) is 3. The van der Waals surface area contributed by atoms with Crippen molar-refractivity contribution in [3.05, 3.63) is 28.8 Å². The molecule has 1 aromatic rings. The summed E-state index contributed by atoms with van der Waals surface area (Å²) in [6.07, 6.45) is 0. The minimum absolute atomic E-state index is 0.00570. The minimum Gasteiger partial charge on any atom is -0.467 e. The van der Waals surface area contributed by atoms with Gasteiger partial charge in [0.05, 0.1) is 0 Å². The van der Waals surface area contributed by atoms with Crippen LogP contribution >= 0.6 is 0 Å². The fourth-order valence-corrected chi connectivity index (χ4v) is 2.19. The monoisotopic (exact) mass is 279 g/mol. The van der Waals surface area contributed by atoms with Crippen LogP contribution in [0.15, 0.2) is 12.1 Å². The summed E-state index contributed by atoms with van der Waals surface area (Å²) in [5, 5.41) is 0. The fourth-order valence-electron chi connectivity index (χ4n) is 2.19. The van der Waals surface area contributed by atoms with E-state index in [1.807, 2.05) is 0 Å². The summed E-state index contributed by atoms with van der Waals surface area (Å²) >= 11 is 0. The molecule has 0 heterocycles. The van der Waals surface area contributed by atoms with Gasteiger partial charge in [0, 0.05) is 24.8 Å². The van der Waals surface area contributed by atoms with E-state index >= 15 is 0 Å². The largest absolute Gasteiger partial charge is 0.467 e. The maximum Gasteiger partial charge on any atom is 0.188 e. The van der Waals surface area contributed by atoms with Crippen molar-refractivity contribution in [1.82, 2.24) is 0 Å². The lowest BCUT2D eigenvalue weighted by Crippen LogP contribution is -2.21. The van der Waals surface area contributed by atoms with Crippen LogP contribution in [0, 0.1) is 0 Å². The lowest BCUT2D eigenvalue weighted by molar-refractivity contribution is 0.0484. The Hall–Kier alpha value is -1.06. The number of benzene rings is 1. The van der Waals surface area contributed by atoms with Crippen molar-refractivity contribution in [3.8, 4) is 5.75 Å². The molecule has 114 valence electrons. The average molecular weight is 279 g/mol. The maximum atomic E-state index is 5.91. The summed E-state index contributed by atoms with van der Waals surface area (Å²) in [4.78, 5) is 0. The van der Waals surface area contributed by atoms with Crippen LogP contribution in [-0.2, 0) is 22.1 Å². The molecule has 2 N–H and O–H groups in total. The van der Waals surface area contributed by atoms with E-state index < -0.39 is 0 Å². The summed E-state index contributed by atoms with van der Waals surface area (Å²) in [6.45, 7) is 13.9. The van der Waals surface area contributed by atoms with Gasteiger partial charge in [0.15, 0.2) is 6.79 Å². The zero-order chi connectivity index (χ0) is 15.6. The van der Waals surface area contributed by atoms with Crippen LogP contribution in [0.4, 0.5) is 0 Å². The highest BCUT2D eigenvalue weighted by atomic mass is 16.7. The number of nitrogens with two attached hydrogens (primary N) is 1. The summed E-state index contributed by atoms with van der Waals surface area (Å²) in [5.41, 5.74) is 9.36. The van der Waals surface area contributed by atoms with E-state index in [1.54, 1.807) is 7.11 Å². The molecule has 3 nitrogen and oxygen atoms in total. The number of rotatable bonds is 4. The summed E-state index contributed by atoms with van der Waals surface area (Å²) in [5.74, 6) is 0.934. The third-order valence-electron chi connectivity index (χ3n) is 3.32. The Labute approximate surface area is 123 Å². The van der Waals surface area contributed by atoms with Crippen molar-refractivity contribution in [3.63, 3.8) is 0 Å². The molecule has 0 radical (unpaired) electrons. The van der Waals surface area contributed by atoms with E-state index in [2.05, 4.69) is 53.7 Å². The smallest absolute Gasteiger partial charge is 0.188 e. The first-order valence-corrected chi connectivity index (χ1v) is 7.11. The molecule has 0 spiro atoms. The molecular formula is C17H29NO2. The highest BCUT2D eigenvalue weighted by Gasteiger charge is 2.27. The Bertz CT molecular complexity index is 418.